The number of hydrogen-bond acceptors (Lipinski definition) is 2. The van der Waals surface area contributed by atoms with Crippen LogP contribution in [0.4, 0.5) is 8.78 Å². The first-order valence-electron chi connectivity index (χ1n) is 5.59. The Bertz CT molecular complexity index is 689. The molecule has 0 saturated carbocycles. The highest BCUT2D eigenvalue weighted by Crippen LogP contribution is 2.31. The molecule has 1 heterocycles. The second-order valence-electron chi connectivity index (χ2n) is 4.43. The summed E-state index contributed by atoms with van der Waals surface area (Å²) in [7, 11) is 0. The Morgan fingerprint density at radius 2 is 2.00 bits per heavy atom. The Kier molecular flexibility index (Phi) is 3.09. The van der Waals surface area contributed by atoms with Crippen molar-refractivity contribution in [3.8, 4) is 0 Å². The summed E-state index contributed by atoms with van der Waals surface area (Å²) in [5, 5.41) is 9.03. The van der Waals surface area contributed by atoms with Crippen LogP contribution in [0.2, 0.25) is 0 Å². The number of carbonyl (C=O) groups excluding carboxylic acids is 1. The average Bonchev–Trinajstić information content (AvgIpc) is 2.63. The van der Waals surface area contributed by atoms with E-state index in [1.807, 2.05) is 0 Å². The quantitative estimate of drug-likeness (QED) is 0.869. The zero-order chi connectivity index (χ0) is 14.3. The third-order valence-electron chi connectivity index (χ3n) is 2.90. The molecule has 0 fully saturated rings. The van der Waals surface area contributed by atoms with Crippen molar-refractivity contribution in [1.82, 2.24) is 4.57 Å². The number of carbonyl (C=O) groups is 2. The molecule has 0 unspecified atom stereocenters. The molecule has 0 aliphatic carbocycles. The molecule has 2 rings (SSSR count). The Labute approximate surface area is 107 Å². The molecule has 0 atom stereocenters. The van der Waals surface area contributed by atoms with Crippen LogP contribution in [-0.4, -0.2) is 21.9 Å². The van der Waals surface area contributed by atoms with Gasteiger partial charge in [0.1, 0.15) is 17.3 Å². The lowest BCUT2D eigenvalue weighted by molar-refractivity contribution is 0.0681. The number of halogens is 2. The molecule has 1 N–H and O–H groups in total. The van der Waals surface area contributed by atoms with Gasteiger partial charge in [-0.25, -0.2) is 13.6 Å². The van der Waals surface area contributed by atoms with Gasteiger partial charge in [0.05, 0.1) is 11.1 Å². The van der Waals surface area contributed by atoms with E-state index in [1.165, 1.54) is 4.57 Å². The molecule has 0 bridgehead atoms. The van der Waals surface area contributed by atoms with Crippen molar-refractivity contribution in [2.45, 2.75) is 19.9 Å². The average molecular weight is 267 g/mol. The predicted molar refractivity (Wildman–Crippen MR) is 64.6 cm³/mol. The van der Waals surface area contributed by atoms with E-state index in [9.17, 15) is 23.5 Å². The monoisotopic (exact) mass is 267 g/mol. The van der Waals surface area contributed by atoms with E-state index in [2.05, 4.69) is 0 Å². The van der Waals surface area contributed by atoms with Crippen LogP contribution in [0.5, 0.6) is 0 Å². The predicted octanol–water partition coefficient (Wildman–Crippen LogP) is 3.01. The van der Waals surface area contributed by atoms with Gasteiger partial charge in [0.15, 0.2) is 6.29 Å². The number of carboxylic acid groups (broad SMARTS) is 1. The molecule has 0 radical (unpaired) electrons. The fraction of sp³-hybridized carbons (Fsp3) is 0.231. The van der Waals surface area contributed by atoms with Crippen LogP contribution in [0.3, 0.4) is 0 Å². The van der Waals surface area contributed by atoms with Crippen molar-refractivity contribution in [2.24, 2.45) is 0 Å². The summed E-state index contributed by atoms with van der Waals surface area (Å²) >= 11 is 0. The van der Waals surface area contributed by atoms with Crippen LogP contribution in [0.1, 0.15) is 40.7 Å². The molecule has 100 valence electrons. The Balaban J connectivity index is 3.07. The smallest absolute Gasteiger partial charge is 0.353 e. The highest BCUT2D eigenvalue weighted by Gasteiger charge is 2.26. The maximum atomic E-state index is 13.8. The van der Waals surface area contributed by atoms with E-state index in [0.29, 0.717) is 6.07 Å². The van der Waals surface area contributed by atoms with Crippen molar-refractivity contribution < 1.29 is 23.5 Å². The van der Waals surface area contributed by atoms with Gasteiger partial charge in [-0.15, -0.1) is 0 Å². The summed E-state index contributed by atoms with van der Waals surface area (Å²) in [5.74, 6) is -3.12. The Hall–Kier alpha value is -2.24. The topological polar surface area (TPSA) is 59.3 Å². The molecule has 0 spiro atoms. The van der Waals surface area contributed by atoms with Gasteiger partial charge in [-0.2, -0.15) is 0 Å². The minimum absolute atomic E-state index is 0.0620. The van der Waals surface area contributed by atoms with Crippen LogP contribution >= 0.6 is 0 Å². The van der Waals surface area contributed by atoms with Crippen LogP contribution in [0, 0.1) is 11.6 Å². The molecule has 0 aliphatic heterocycles. The Morgan fingerprint density at radius 1 is 1.37 bits per heavy atom. The first-order valence-corrected chi connectivity index (χ1v) is 5.59. The number of aromatic nitrogens is 1. The number of aromatic carboxylic acids is 1. The molecule has 1 aromatic carbocycles. The molecule has 2 aromatic rings. The van der Waals surface area contributed by atoms with Crippen molar-refractivity contribution >= 4 is 23.2 Å². The van der Waals surface area contributed by atoms with Crippen molar-refractivity contribution in [3.63, 3.8) is 0 Å². The largest absolute Gasteiger partial charge is 0.477 e. The van der Waals surface area contributed by atoms with Gasteiger partial charge >= 0.3 is 5.97 Å². The third-order valence-corrected chi connectivity index (χ3v) is 2.90. The van der Waals surface area contributed by atoms with E-state index >= 15 is 0 Å². The molecule has 4 nitrogen and oxygen atoms in total. The zero-order valence-corrected chi connectivity index (χ0v) is 10.3. The van der Waals surface area contributed by atoms with Gasteiger partial charge in [-0.3, -0.25) is 4.79 Å². The highest BCUT2D eigenvalue weighted by atomic mass is 19.1. The van der Waals surface area contributed by atoms with E-state index < -0.39 is 17.6 Å². The molecule has 0 saturated heterocycles. The van der Waals surface area contributed by atoms with Crippen molar-refractivity contribution in [1.29, 1.82) is 0 Å². The minimum atomic E-state index is -1.35. The number of carboxylic acids is 1. The van der Waals surface area contributed by atoms with Crippen molar-refractivity contribution in [3.05, 3.63) is 35.0 Å². The molecule has 6 heteroatoms. The second kappa shape index (κ2) is 4.46. The molecule has 0 aliphatic rings. The van der Waals surface area contributed by atoms with Crippen LogP contribution < -0.4 is 0 Å². The highest BCUT2D eigenvalue weighted by molar-refractivity contribution is 6.08. The minimum Gasteiger partial charge on any atom is -0.477 e. The number of aldehydes is 1. The van der Waals surface area contributed by atoms with Crippen LogP contribution in [0.15, 0.2) is 12.1 Å². The fourth-order valence-electron chi connectivity index (χ4n) is 2.25. The van der Waals surface area contributed by atoms with E-state index in [-0.39, 0.29) is 34.5 Å². The lowest BCUT2D eigenvalue weighted by atomic mass is 10.1. The van der Waals surface area contributed by atoms with Gasteiger partial charge in [-0.05, 0) is 19.9 Å². The maximum Gasteiger partial charge on any atom is 0.353 e. The summed E-state index contributed by atoms with van der Waals surface area (Å²) in [6, 6.07) is 1.30. The molecular formula is C13H11F2NO3. The maximum absolute atomic E-state index is 13.8. The summed E-state index contributed by atoms with van der Waals surface area (Å²) < 4.78 is 28.4. The third kappa shape index (κ3) is 1.89. The lowest BCUT2D eigenvalue weighted by Crippen LogP contribution is -2.12. The van der Waals surface area contributed by atoms with Crippen molar-refractivity contribution in [2.75, 3.05) is 0 Å². The van der Waals surface area contributed by atoms with Crippen LogP contribution in [0.25, 0.3) is 10.9 Å². The second-order valence-corrected chi connectivity index (χ2v) is 4.43. The van der Waals surface area contributed by atoms with E-state index in [1.54, 1.807) is 13.8 Å². The van der Waals surface area contributed by atoms with Gasteiger partial charge < -0.3 is 9.67 Å². The molecule has 1 aromatic heterocycles. The van der Waals surface area contributed by atoms with Crippen LogP contribution in [-0.2, 0) is 0 Å². The number of nitrogens with zero attached hydrogens (tertiary/aromatic N) is 1. The summed E-state index contributed by atoms with van der Waals surface area (Å²) in [6.07, 6.45) is 0.283. The fourth-order valence-corrected chi connectivity index (χ4v) is 2.25. The first-order chi connectivity index (χ1) is 8.88. The lowest BCUT2D eigenvalue weighted by Gasteiger charge is -2.12. The number of rotatable bonds is 3. The zero-order valence-electron chi connectivity index (χ0n) is 10.3. The standard InChI is InChI=1S/C13H11F2NO3/c1-6(2)16-10-4-7(14)3-9(15)11(10)8(5-17)12(16)13(18)19/h3-6H,1-2H3,(H,18,19). The number of benzene rings is 1. The van der Waals surface area contributed by atoms with Gasteiger partial charge in [-0.1, -0.05) is 0 Å². The van der Waals surface area contributed by atoms with E-state index in [4.69, 9.17) is 0 Å². The van der Waals surface area contributed by atoms with Gasteiger partial charge in [0, 0.05) is 17.5 Å². The number of fused-ring (bicyclic) bond motifs is 1. The summed E-state index contributed by atoms with van der Waals surface area (Å²) in [5.41, 5.74) is -0.537. The number of hydrogen-bond donors (Lipinski definition) is 1. The normalized spacial score (nSPS) is 11.2. The van der Waals surface area contributed by atoms with E-state index in [0.717, 1.165) is 6.07 Å². The SMILES string of the molecule is CC(C)n1c(C(=O)O)c(C=O)c2c(F)cc(F)cc21. The van der Waals surface area contributed by atoms with Gasteiger partial charge in [0.25, 0.3) is 0 Å². The summed E-state index contributed by atoms with van der Waals surface area (Å²) in [6.45, 7) is 3.34. The molecule has 19 heavy (non-hydrogen) atoms. The van der Waals surface area contributed by atoms with Gasteiger partial charge in [0.2, 0.25) is 0 Å². The molecule has 0 amide bonds. The first kappa shape index (κ1) is 13.2. The summed E-state index contributed by atoms with van der Waals surface area (Å²) in [4.78, 5) is 22.4. The molecular weight excluding hydrogens is 256 g/mol. The Morgan fingerprint density at radius 3 is 2.47 bits per heavy atom.